The lowest BCUT2D eigenvalue weighted by atomic mass is 9.76. The summed E-state index contributed by atoms with van der Waals surface area (Å²) >= 11 is 0. The number of epoxide rings is 1. The third kappa shape index (κ3) is 3.62. The summed E-state index contributed by atoms with van der Waals surface area (Å²) in [6.45, 7) is 7.18. The Balaban J connectivity index is 1.69. The summed E-state index contributed by atoms with van der Waals surface area (Å²) in [6.07, 6.45) is 4.94. The predicted octanol–water partition coefficient (Wildman–Crippen LogP) is 4.01. The average molecular weight is 318 g/mol. The minimum Gasteiger partial charge on any atom is -0.393 e. The van der Waals surface area contributed by atoms with Crippen molar-refractivity contribution in [2.45, 2.75) is 64.3 Å². The zero-order valence-corrected chi connectivity index (χ0v) is 14.7. The molecule has 0 aromatic heterocycles. The van der Waals surface area contributed by atoms with E-state index in [-0.39, 0.29) is 16.1 Å². The van der Waals surface area contributed by atoms with E-state index in [2.05, 4.69) is 38.1 Å². The normalized spacial score (nSPS) is 29.7. The fourth-order valence-electron chi connectivity index (χ4n) is 3.67. The van der Waals surface area contributed by atoms with Gasteiger partial charge in [0.05, 0.1) is 18.3 Å². The lowest BCUT2D eigenvalue weighted by Gasteiger charge is -2.29. The van der Waals surface area contributed by atoms with Crippen LogP contribution in [-0.4, -0.2) is 28.8 Å². The van der Waals surface area contributed by atoms with Gasteiger partial charge in [0.1, 0.15) is 0 Å². The largest absolute Gasteiger partial charge is 0.433 e. The molecule has 3 nitrogen and oxygen atoms in total. The van der Waals surface area contributed by atoms with Crippen molar-refractivity contribution in [2.75, 3.05) is 6.61 Å². The van der Waals surface area contributed by atoms with Crippen LogP contribution in [0.4, 0.5) is 0 Å². The molecule has 1 saturated carbocycles. The fourth-order valence-corrected chi connectivity index (χ4v) is 4.12. The number of fused-ring (bicyclic) bond motifs is 1. The molecule has 120 valence electrons. The van der Waals surface area contributed by atoms with E-state index in [0.717, 1.165) is 5.92 Å². The second-order valence-corrected chi connectivity index (χ2v) is 7.17. The molecule has 1 saturated heterocycles. The Morgan fingerprint density at radius 1 is 1.18 bits per heavy atom. The van der Waals surface area contributed by atoms with Gasteiger partial charge in [-0.1, -0.05) is 31.2 Å². The first-order valence-corrected chi connectivity index (χ1v) is 9.29. The van der Waals surface area contributed by atoms with Crippen molar-refractivity contribution < 1.29 is 13.6 Å². The van der Waals surface area contributed by atoms with Gasteiger partial charge in [-0.05, 0) is 56.1 Å². The summed E-state index contributed by atoms with van der Waals surface area (Å²) < 4.78 is 16.9. The van der Waals surface area contributed by atoms with Gasteiger partial charge in [0.2, 0.25) is 0 Å². The molecule has 0 amide bonds. The van der Waals surface area contributed by atoms with Gasteiger partial charge in [-0.3, -0.25) is 0 Å². The highest BCUT2D eigenvalue weighted by Gasteiger charge is 2.45. The van der Waals surface area contributed by atoms with Crippen molar-refractivity contribution in [3.63, 3.8) is 0 Å². The minimum absolute atomic E-state index is 0.0806. The summed E-state index contributed by atoms with van der Waals surface area (Å²) in [5.41, 5.74) is 2.74. The molecule has 0 N–H and O–H groups in total. The molecule has 5 unspecified atom stereocenters. The topological polar surface area (TPSA) is 31.0 Å². The molecular weight excluding hydrogens is 292 g/mol. The van der Waals surface area contributed by atoms with E-state index in [4.69, 9.17) is 13.6 Å². The van der Waals surface area contributed by atoms with Gasteiger partial charge in [0.25, 0.3) is 0 Å². The number of hydrogen-bond donors (Lipinski definition) is 0. The quantitative estimate of drug-likeness (QED) is 0.432. The molecule has 22 heavy (non-hydrogen) atoms. The zero-order chi connectivity index (χ0) is 15.5. The van der Waals surface area contributed by atoms with Crippen molar-refractivity contribution in [3.8, 4) is 0 Å². The molecule has 2 aliphatic rings. The van der Waals surface area contributed by atoms with Gasteiger partial charge in [-0.15, -0.1) is 0 Å². The Morgan fingerprint density at radius 2 is 1.95 bits per heavy atom. The molecule has 3 rings (SSSR count). The van der Waals surface area contributed by atoms with Crippen LogP contribution in [0, 0.1) is 5.92 Å². The van der Waals surface area contributed by atoms with E-state index in [1.165, 1.54) is 30.4 Å². The summed E-state index contributed by atoms with van der Waals surface area (Å²) in [4.78, 5) is 0. The van der Waals surface area contributed by atoms with Crippen molar-refractivity contribution in [3.05, 3.63) is 35.4 Å². The van der Waals surface area contributed by atoms with Crippen molar-refractivity contribution >= 4 is 10.0 Å². The summed E-state index contributed by atoms with van der Waals surface area (Å²) in [6, 6.07) is 8.72. The van der Waals surface area contributed by atoms with Gasteiger partial charge < -0.3 is 13.6 Å². The second-order valence-electron chi connectivity index (χ2n) is 6.48. The van der Waals surface area contributed by atoms with Gasteiger partial charge in [0, 0.05) is 6.61 Å². The second kappa shape index (κ2) is 7.26. The average Bonchev–Trinajstić information content (AvgIpc) is 3.33. The molecule has 1 aliphatic heterocycles. The van der Waals surface area contributed by atoms with E-state index in [9.17, 15) is 0 Å². The molecule has 1 aliphatic carbocycles. The lowest BCUT2D eigenvalue weighted by molar-refractivity contribution is 0.172. The first-order chi connectivity index (χ1) is 10.7. The molecule has 1 aromatic rings. The minimum atomic E-state index is 0.0806. The van der Waals surface area contributed by atoms with Crippen molar-refractivity contribution in [1.82, 2.24) is 0 Å². The van der Waals surface area contributed by atoms with Crippen LogP contribution in [0.25, 0.3) is 0 Å². The van der Waals surface area contributed by atoms with Gasteiger partial charge in [0.15, 0.2) is 0 Å². The predicted molar refractivity (Wildman–Crippen MR) is 87.7 cm³/mol. The van der Waals surface area contributed by atoms with Crippen LogP contribution >= 0.6 is 0 Å². The highest BCUT2D eigenvalue weighted by atomic mass is 28.3. The first kappa shape index (κ1) is 16.2. The molecule has 1 aromatic carbocycles. The van der Waals surface area contributed by atoms with E-state index >= 15 is 0 Å². The van der Waals surface area contributed by atoms with E-state index in [1.54, 1.807) is 0 Å². The monoisotopic (exact) mass is 318 g/mol. The van der Waals surface area contributed by atoms with Crippen LogP contribution in [0.5, 0.6) is 0 Å². The third-order valence-electron chi connectivity index (χ3n) is 5.10. The van der Waals surface area contributed by atoms with E-state index in [1.807, 2.05) is 6.92 Å². The van der Waals surface area contributed by atoms with Gasteiger partial charge in [-0.2, -0.15) is 0 Å². The highest BCUT2D eigenvalue weighted by Crippen LogP contribution is 2.45. The van der Waals surface area contributed by atoms with Crippen LogP contribution in [0.15, 0.2) is 24.3 Å². The smallest absolute Gasteiger partial charge is 0.393 e. The van der Waals surface area contributed by atoms with Gasteiger partial charge in [-0.25, -0.2) is 0 Å². The molecule has 0 bridgehead atoms. The van der Waals surface area contributed by atoms with Crippen LogP contribution in [0.2, 0.25) is 0 Å². The Hall–Kier alpha value is -0.683. The maximum Gasteiger partial charge on any atom is 0.433 e. The van der Waals surface area contributed by atoms with Crippen LogP contribution in [0.3, 0.4) is 0 Å². The number of ether oxygens (including phenoxy) is 1. The van der Waals surface area contributed by atoms with Crippen molar-refractivity contribution in [1.29, 1.82) is 0 Å². The molecule has 2 fully saturated rings. The summed E-state index contributed by atoms with van der Waals surface area (Å²) in [5.74, 6) is 1.29. The van der Waals surface area contributed by atoms with E-state index in [0.29, 0.717) is 24.7 Å². The van der Waals surface area contributed by atoms with Gasteiger partial charge >= 0.3 is 10.0 Å². The highest BCUT2D eigenvalue weighted by molar-refractivity contribution is 6.18. The lowest BCUT2D eigenvalue weighted by Crippen LogP contribution is -2.20. The van der Waals surface area contributed by atoms with Crippen LogP contribution < -0.4 is 0 Å². The molecule has 0 spiro atoms. The Labute approximate surface area is 136 Å². The van der Waals surface area contributed by atoms with Crippen LogP contribution in [-0.2, 0) is 13.6 Å². The first-order valence-electron chi connectivity index (χ1n) is 8.47. The number of hydrogen-bond acceptors (Lipinski definition) is 3. The molecule has 4 heteroatoms. The van der Waals surface area contributed by atoms with Crippen LogP contribution in [0.1, 0.15) is 63.2 Å². The fraction of sp³-hybridized carbons (Fsp3) is 0.667. The number of rotatable bonds is 7. The molecule has 1 heterocycles. The summed E-state index contributed by atoms with van der Waals surface area (Å²) in [7, 11) is 0.117. The maximum absolute atomic E-state index is 5.86. The molecule has 2 radical (unpaired) electrons. The standard InChI is InChI=1S/C18H26O3Si/c1-4-19-22-21-13(3)16-8-6-5-7-15(16)12(2)14-9-10-17-18(11-14)20-17/h5-8,12-14,17-18H,4,9-11H2,1-3H3. The van der Waals surface area contributed by atoms with Crippen molar-refractivity contribution in [2.24, 2.45) is 5.92 Å². The third-order valence-corrected chi connectivity index (χ3v) is 5.96. The maximum atomic E-state index is 5.86. The zero-order valence-electron chi connectivity index (χ0n) is 13.7. The Bertz CT molecular complexity index is 493. The molecular formula is C18H26O3Si. The Morgan fingerprint density at radius 3 is 2.68 bits per heavy atom. The summed E-state index contributed by atoms with van der Waals surface area (Å²) in [5, 5.41) is 0. The molecule has 5 atom stereocenters. The SMILES string of the molecule is CCO[Si]OC(C)c1ccccc1C(C)C1CCC2OC2C1. The van der Waals surface area contributed by atoms with E-state index < -0.39 is 0 Å². The Kier molecular flexibility index (Phi) is 5.34. The number of benzene rings is 1.